The molecule has 1 aromatic heterocycles. The molecule has 2 rings (SSSR count). The van der Waals surface area contributed by atoms with Gasteiger partial charge in [-0.25, -0.2) is 0 Å². The average Bonchev–Trinajstić information content (AvgIpc) is 2.78. The van der Waals surface area contributed by atoms with Gasteiger partial charge in [0.15, 0.2) is 6.29 Å². The molecule has 0 fully saturated rings. The molecule has 0 atom stereocenters. The molecule has 0 radical (unpaired) electrons. The van der Waals surface area contributed by atoms with Gasteiger partial charge in [0.2, 0.25) is 0 Å². The number of anilines is 1. The van der Waals surface area contributed by atoms with Gasteiger partial charge in [0.1, 0.15) is 4.88 Å². The van der Waals surface area contributed by atoms with E-state index in [0.29, 0.717) is 23.2 Å². The summed E-state index contributed by atoms with van der Waals surface area (Å²) in [4.78, 5) is 10.2. The van der Waals surface area contributed by atoms with Gasteiger partial charge in [0.05, 0.1) is 10.6 Å². The predicted octanol–water partition coefficient (Wildman–Crippen LogP) is 4.29. The van der Waals surface area contributed by atoms with Crippen molar-refractivity contribution in [3.8, 4) is 11.1 Å². The lowest BCUT2D eigenvalue weighted by Gasteiger charge is -2.10. The van der Waals surface area contributed by atoms with Gasteiger partial charge in [0.25, 0.3) is 0 Å². The highest BCUT2D eigenvalue weighted by molar-refractivity contribution is 7.15. The summed E-state index contributed by atoms with van der Waals surface area (Å²) in [7, 11) is 1.50. The van der Waals surface area contributed by atoms with E-state index in [-0.39, 0.29) is 16.1 Å². The van der Waals surface area contributed by atoms with Crippen LogP contribution >= 0.6 is 11.3 Å². The number of alkyl halides is 3. The molecule has 0 saturated heterocycles. The molecule has 0 spiro atoms. The summed E-state index contributed by atoms with van der Waals surface area (Å²) < 4.78 is 39.2. The summed E-state index contributed by atoms with van der Waals surface area (Å²) in [6.07, 6.45) is -4.04. The van der Waals surface area contributed by atoms with Gasteiger partial charge in [-0.05, 0) is 5.56 Å². The highest BCUT2D eigenvalue weighted by atomic mass is 32.1. The molecule has 6 heteroatoms. The van der Waals surface area contributed by atoms with Crippen molar-refractivity contribution in [1.82, 2.24) is 0 Å². The molecule has 100 valence electrons. The first-order valence-corrected chi connectivity index (χ1v) is 6.23. The van der Waals surface area contributed by atoms with Gasteiger partial charge >= 0.3 is 6.18 Å². The van der Waals surface area contributed by atoms with E-state index < -0.39 is 11.1 Å². The number of hydrogen-bond acceptors (Lipinski definition) is 3. The third-order valence-corrected chi connectivity index (χ3v) is 3.77. The van der Waals surface area contributed by atoms with Crippen molar-refractivity contribution in [2.45, 2.75) is 6.18 Å². The topological polar surface area (TPSA) is 29.1 Å². The minimum atomic E-state index is -4.48. The van der Waals surface area contributed by atoms with E-state index in [0.717, 1.165) is 0 Å². The molecule has 1 aromatic carbocycles. The lowest BCUT2D eigenvalue weighted by atomic mass is 10.0. The molecule has 1 N–H and O–H groups in total. The van der Waals surface area contributed by atoms with Crippen LogP contribution in [0.4, 0.5) is 18.9 Å². The summed E-state index contributed by atoms with van der Waals surface area (Å²) in [5.74, 6) is 0. The van der Waals surface area contributed by atoms with Crippen LogP contribution in [0, 0.1) is 0 Å². The summed E-state index contributed by atoms with van der Waals surface area (Å²) >= 11 is 0.457. The van der Waals surface area contributed by atoms with Crippen LogP contribution in [0.5, 0.6) is 0 Å². The standard InChI is InChI=1S/C13H10F3NOS/c1-17-11-9(7-18)19-12(13(14,15)16)10(11)8-5-3-2-4-6-8/h2-7,17H,1H3. The number of hydrogen-bond donors (Lipinski definition) is 1. The number of thiophene rings is 1. The van der Waals surface area contributed by atoms with Crippen LogP contribution in [-0.4, -0.2) is 13.3 Å². The Morgan fingerprint density at radius 2 is 1.84 bits per heavy atom. The molecule has 0 saturated carbocycles. The highest BCUT2D eigenvalue weighted by Crippen LogP contribution is 2.47. The molecule has 19 heavy (non-hydrogen) atoms. The maximum Gasteiger partial charge on any atom is 0.426 e. The van der Waals surface area contributed by atoms with Crippen LogP contribution in [0.2, 0.25) is 0 Å². The van der Waals surface area contributed by atoms with E-state index in [1.807, 2.05) is 0 Å². The molecule has 2 aromatic rings. The van der Waals surface area contributed by atoms with Crippen molar-refractivity contribution in [2.24, 2.45) is 0 Å². The van der Waals surface area contributed by atoms with Gasteiger partial charge in [-0.1, -0.05) is 30.3 Å². The zero-order chi connectivity index (χ0) is 14.0. The van der Waals surface area contributed by atoms with Gasteiger partial charge in [-0.3, -0.25) is 4.79 Å². The number of benzene rings is 1. The number of nitrogens with one attached hydrogen (secondary N) is 1. The van der Waals surface area contributed by atoms with Crippen LogP contribution in [0.15, 0.2) is 30.3 Å². The predicted molar refractivity (Wildman–Crippen MR) is 69.7 cm³/mol. The minimum Gasteiger partial charge on any atom is -0.386 e. The van der Waals surface area contributed by atoms with Crippen molar-refractivity contribution in [1.29, 1.82) is 0 Å². The molecular formula is C13H10F3NOS. The normalized spacial score (nSPS) is 11.4. The molecule has 0 aliphatic heterocycles. The zero-order valence-electron chi connectivity index (χ0n) is 9.91. The first-order valence-electron chi connectivity index (χ1n) is 5.41. The second kappa shape index (κ2) is 5.05. The first kappa shape index (κ1) is 13.6. The Balaban J connectivity index is 2.76. The van der Waals surface area contributed by atoms with Gasteiger partial charge < -0.3 is 5.32 Å². The average molecular weight is 285 g/mol. The quantitative estimate of drug-likeness (QED) is 0.852. The number of carbonyl (C=O) groups excluding carboxylic acids is 1. The van der Waals surface area contributed by atoms with Crippen LogP contribution < -0.4 is 5.32 Å². The Labute approximate surface area is 111 Å². The molecular weight excluding hydrogens is 275 g/mol. The van der Waals surface area contributed by atoms with E-state index in [2.05, 4.69) is 5.32 Å². The summed E-state index contributed by atoms with van der Waals surface area (Å²) in [6.45, 7) is 0. The molecule has 0 aliphatic rings. The summed E-state index contributed by atoms with van der Waals surface area (Å²) in [5.41, 5.74) is 0.685. The van der Waals surface area contributed by atoms with Crippen LogP contribution in [-0.2, 0) is 6.18 Å². The maximum atomic E-state index is 13.1. The van der Waals surface area contributed by atoms with Gasteiger partial charge in [-0.2, -0.15) is 13.2 Å². The van der Waals surface area contributed by atoms with Crippen LogP contribution in [0.3, 0.4) is 0 Å². The molecule has 0 bridgehead atoms. The van der Waals surface area contributed by atoms with E-state index in [4.69, 9.17) is 0 Å². The van der Waals surface area contributed by atoms with E-state index in [1.165, 1.54) is 7.05 Å². The fraction of sp³-hybridized carbons (Fsp3) is 0.154. The largest absolute Gasteiger partial charge is 0.426 e. The van der Waals surface area contributed by atoms with Crippen LogP contribution in [0.25, 0.3) is 11.1 Å². The Morgan fingerprint density at radius 1 is 1.21 bits per heavy atom. The van der Waals surface area contributed by atoms with Gasteiger partial charge in [-0.15, -0.1) is 11.3 Å². The molecule has 0 aliphatic carbocycles. The fourth-order valence-corrected chi connectivity index (χ4v) is 2.87. The Hall–Kier alpha value is -1.82. The lowest BCUT2D eigenvalue weighted by molar-refractivity contribution is -0.133. The van der Waals surface area contributed by atoms with E-state index >= 15 is 0 Å². The van der Waals surface area contributed by atoms with E-state index in [9.17, 15) is 18.0 Å². The lowest BCUT2D eigenvalue weighted by Crippen LogP contribution is -2.04. The van der Waals surface area contributed by atoms with Crippen molar-refractivity contribution >= 4 is 23.3 Å². The third-order valence-electron chi connectivity index (χ3n) is 2.61. The Morgan fingerprint density at radius 3 is 2.32 bits per heavy atom. The fourth-order valence-electron chi connectivity index (χ4n) is 1.86. The Bertz CT molecular complexity index is 590. The number of rotatable bonds is 3. The minimum absolute atomic E-state index is 0.0303. The van der Waals surface area contributed by atoms with E-state index in [1.54, 1.807) is 30.3 Å². The number of aldehydes is 1. The smallest absolute Gasteiger partial charge is 0.386 e. The summed E-state index contributed by atoms with van der Waals surface area (Å²) in [6, 6.07) is 8.22. The maximum absolute atomic E-state index is 13.1. The monoisotopic (exact) mass is 285 g/mol. The van der Waals surface area contributed by atoms with Crippen molar-refractivity contribution in [2.75, 3.05) is 12.4 Å². The first-order chi connectivity index (χ1) is 8.99. The van der Waals surface area contributed by atoms with Crippen molar-refractivity contribution in [3.63, 3.8) is 0 Å². The van der Waals surface area contributed by atoms with Crippen molar-refractivity contribution < 1.29 is 18.0 Å². The molecule has 1 heterocycles. The van der Waals surface area contributed by atoms with Crippen molar-refractivity contribution in [3.05, 3.63) is 40.1 Å². The second-order valence-corrected chi connectivity index (χ2v) is 4.83. The van der Waals surface area contributed by atoms with Gasteiger partial charge in [0, 0.05) is 12.6 Å². The second-order valence-electron chi connectivity index (χ2n) is 3.78. The number of halogens is 3. The SMILES string of the molecule is CNc1c(C=O)sc(C(F)(F)F)c1-c1ccccc1. The molecule has 2 nitrogen and oxygen atoms in total. The summed E-state index contributed by atoms with van der Waals surface area (Å²) in [5, 5.41) is 2.69. The molecule has 0 unspecified atom stereocenters. The molecule has 0 amide bonds. The van der Waals surface area contributed by atoms with Crippen LogP contribution in [0.1, 0.15) is 14.5 Å². The number of carbonyl (C=O) groups is 1. The third kappa shape index (κ3) is 2.49. The Kier molecular flexibility index (Phi) is 3.61. The zero-order valence-corrected chi connectivity index (χ0v) is 10.7. The highest BCUT2D eigenvalue weighted by Gasteiger charge is 2.38.